The van der Waals surface area contributed by atoms with Gasteiger partial charge in [0.15, 0.2) is 16.9 Å². The zero-order chi connectivity index (χ0) is 21.0. The van der Waals surface area contributed by atoms with Crippen LogP contribution in [0.1, 0.15) is 29.7 Å². The quantitative estimate of drug-likeness (QED) is 0.172. The molecule has 34 heavy (non-hydrogen) atoms. The largest absolute Gasteiger partial charge is 0.497 e. The molecule has 0 fully saturated rings. The first-order valence-corrected chi connectivity index (χ1v) is 12.6. The number of hydrogen-bond donors (Lipinski definition) is 0. The second-order valence-corrected chi connectivity index (χ2v) is 10.5. The Kier molecular flexibility index (Phi) is 18.8. The Morgan fingerprint density at radius 2 is 0.853 bits per heavy atom. The van der Waals surface area contributed by atoms with Gasteiger partial charge in [-0.15, -0.1) is 0 Å². The lowest BCUT2D eigenvalue weighted by atomic mass is 10.3. The van der Waals surface area contributed by atoms with Gasteiger partial charge in [-0.3, -0.25) is 0 Å². The van der Waals surface area contributed by atoms with Gasteiger partial charge in [-0.2, -0.15) is 0 Å². The number of hydrogen-bond acceptors (Lipinski definition) is 2. The average molecular weight is 593 g/mol. The fraction of sp³-hybridized carbons (Fsp3) is 0.200. The maximum Gasteiger partial charge on any atom is 0.357 e. The van der Waals surface area contributed by atoms with Gasteiger partial charge >= 0.3 is 21.2 Å². The Labute approximate surface area is 223 Å². The number of halogens is 1. The third-order valence-electron chi connectivity index (χ3n) is 4.09. The van der Waals surface area contributed by atoms with Crippen LogP contribution in [0.25, 0.3) is 0 Å². The summed E-state index contributed by atoms with van der Waals surface area (Å²) in [7, 11) is 3.38. The van der Waals surface area contributed by atoms with Crippen molar-refractivity contribution in [2.75, 3.05) is 14.2 Å². The zero-order valence-electron chi connectivity index (χ0n) is 17.0. The van der Waals surface area contributed by atoms with E-state index in [1.807, 2.05) is 30.3 Å². The number of rotatable bonds is 6. The molecular weight excluding hydrogens is 551 g/mol. The van der Waals surface area contributed by atoms with E-state index in [1.54, 1.807) is 14.2 Å². The fourth-order valence-electron chi connectivity index (χ4n) is 2.55. The molecule has 0 bridgehead atoms. The lowest BCUT2D eigenvalue weighted by Gasteiger charge is -1.97. The fourth-order valence-corrected chi connectivity index (χ4v) is 5.68. The average Bonchev–Trinajstić information content (AvgIpc) is 2.82. The van der Waals surface area contributed by atoms with Gasteiger partial charge in [0.1, 0.15) is 11.5 Å². The first-order chi connectivity index (χ1) is 14.8. The molecule has 2 nitrogen and oxygen atoms in total. The lowest BCUT2D eigenvalue weighted by molar-refractivity contribution is -0.597. The van der Waals surface area contributed by atoms with Crippen LogP contribution < -0.4 is 30.7 Å². The topological polar surface area (TPSA) is 18.5 Å². The molecule has 0 aliphatic rings. The van der Waals surface area contributed by atoms with Gasteiger partial charge in [0.05, 0.1) is 14.2 Å². The highest BCUT2D eigenvalue weighted by molar-refractivity contribution is 7.78. The smallest absolute Gasteiger partial charge is 0.357 e. The van der Waals surface area contributed by atoms with Crippen molar-refractivity contribution in [1.82, 2.24) is 0 Å². The summed E-state index contributed by atoms with van der Waals surface area (Å²) in [4.78, 5) is 2.59. The summed E-state index contributed by atoms with van der Waals surface area (Å²) in [6.45, 7) is 0. The van der Waals surface area contributed by atoms with Crippen molar-refractivity contribution < 1.29 is 30.7 Å². The normalized spacial score (nSPS) is 8.76. The number of benzene rings is 4. The van der Waals surface area contributed by atoms with Gasteiger partial charge in [0.2, 0.25) is 0 Å². The molecule has 0 saturated carbocycles. The molecule has 0 atom stereocenters. The molecule has 4 aromatic carbocycles. The molecule has 0 saturated heterocycles. The highest BCUT2D eigenvalue weighted by atomic mass is 127. The van der Waals surface area contributed by atoms with Crippen LogP contribution in [0.2, 0.25) is 0 Å². The monoisotopic (exact) mass is 592 g/mol. The number of thiol groups is 1. The van der Waals surface area contributed by atoms with Crippen molar-refractivity contribution in [2.24, 2.45) is 0 Å². The van der Waals surface area contributed by atoms with Crippen molar-refractivity contribution in [3.8, 4) is 11.5 Å². The summed E-state index contributed by atoms with van der Waals surface area (Å²) >= 11 is 1.19. The van der Waals surface area contributed by atoms with E-state index in [0.717, 1.165) is 11.5 Å². The summed E-state index contributed by atoms with van der Waals surface area (Å²) in [5.74, 6) is 1.83. The van der Waals surface area contributed by atoms with Crippen molar-refractivity contribution in [3.05, 3.63) is 116 Å². The van der Waals surface area contributed by atoms with Gasteiger partial charge in [-0.05, 0) is 72.8 Å². The first kappa shape index (κ1) is 33.7. The predicted octanol–water partition coefficient (Wildman–Crippen LogP) is 5.30. The molecule has 0 spiro atoms. The third kappa shape index (κ3) is 11.6. The summed E-state index contributed by atoms with van der Waals surface area (Å²) in [6.07, 6.45) is 0. The molecule has 0 amide bonds. The summed E-state index contributed by atoms with van der Waals surface area (Å²) in [6, 6.07) is 37.6. The Bertz CT molecular complexity index is 904. The Hall–Kier alpha value is -2.44. The molecule has 0 heterocycles. The highest BCUT2D eigenvalue weighted by Crippen LogP contribution is 2.16. The van der Waals surface area contributed by atoms with Crippen LogP contribution in [-0.4, -0.2) is 14.2 Å². The Morgan fingerprint density at radius 1 is 0.471 bits per heavy atom. The predicted molar refractivity (Wildman–Crippen MR) is 148 cm³/mol. The number of methoxy groups -OCH3 is 2. The van der Waals surface area contributed by atoms with Gasteiger partial charge in [0, 0.05) is 11.8 Å². The minimum Gasteiger partial charge on any atom is -0.497 e. The molecule has 4 aromatic rings. The van der Waals surface area contributed by atoms with Crippen molar-refractivity contribution >= 4 is 11.8 Å². The molecule has 0 N–H and O–H groups in total. The van der Waals surface area contributed by atoms with E-state index in [0.29, 0.717) is 0 Å². The van der Waals surface area contributed by atoms with Crippen LogP contribution >= 0.6 is 0 Å². The molecule has 0 aliphatic carbocycles. The van der Waals surface area contributed by atoms with E-state index in [4.69, 9.17) is 9.47 Å². The van der Waals surface area contributed by atoms with Crippen LogP contribution in [0.4, 0.5) is 0 Å². The zero-order valence-corrected chi connectivity index (χ0v) is 20.1. The molecule has 0 aromatic heterocycles. The molecule has 4 rings (SSSR count). The second-order valence-electron chi connectivity index (χ2n) is 6.19. The van der Waals surface area contributed by atoms with E-state index in [1.165, 1.54) is 28.7 Å². The van der Waals surface area contributed by atoms with Crippen LogP contribution in [0, 0.1) is 7.14 Å². The second kappa shape index (κ2) is 18.9. The SMILES string of the molecule is C.C.C.C.COc1ccc([I+]c2ccccc2)cc1.COc1ccc([SH+]c2ccccc2)cc1. The molecular formula is C30H41IO2S+2. The minimum atomic E-state index is -0.0449. The first-order valence-electron chi connectivity index (χ1n) is 9.51. The lowest BCUT2D eigenvalue weighted by Crippen LogP contribution is -3.61. The summed E-state index contributed by atoms with van der Waals surface area (Å²) in [5, 5.41) is 0. The summed E-state index contributed by atoms with van der Waals surface area (Å²) < 4.78 is 13.1. The van der Waals surface area contributed by atoms with Gasteiger partial charge in [-0.25, -0.2) is 0 Å². The van der Waals surface area contributed by atoms with E-state index >= 15 is 0 Å². The van der Waals surface area contributed by atoms with Crippen LogP contribution in [-0.2, 0) is 11.8 Å². The highest BCUT2D eigenvalue weighted by Gasteiger charge is 2.14. The standard InChI is InChI=1S/C13H12IO.C13H12OS.4CH4/c1-15-13-9-7-12(8-10-13)14-11-5-3-2-4-6-11;1-14-11-7-9-13(10-8-11)15-12-5-3-2-4-6-12;;;;/h2*2-10H,1H3;4*1H4/q+1;;;;;/p+1. The van der Waals surface area contributed by atoms with E-state index in [-0.39, 0.29) is 50.9 Å². The molecule has 0 aliphatic heterocycles. The van der Waals surface area contributed by atoms with Crippen molar-refractivity contribution in [2.45, 2.75) is 39.5 Å². The van der Waals surface area contributed by atoms with E-state index in [9.17, 15) is 0 Å². The Morgan fingerprint density at radius 3 is 1.32 bits per heavy atom. The molecule has 184 valence electrons. The van der Waals surface area contributed by atoms with Crippen LogP contribution in [0.3, 0.4) is 0 Å². The number of ether oxygens (including phenoxy) is 2. The molecule has 0 unspecified atom stereocenters. The van der Waals surface area contributed by atoms with E-state index in [2.05, 4.69) is 78.9 Å². The minimum absolute atomic E-state index is 0. The van der Waals surface area contributed by atoms with Gasteiger partial charge in [0.25, 0.3) is 0 Å². The van der Waals surface area contributed by atoms with Crippen molar-refractivity contribution in [3.63, 3.8) is 0 Å². The third-order valence-corrected chi connectivity index (χ3v) is 7.88. The molecule has 4 heteroatoms. The van der Waals surface area contributed by atoms with Crippen molar-refractivity contribution in [1.29, 1.82) is 0 Å². The van der Waals surface area contributed by atoms with Crippen LogP contribution in [0.5, 0.6) is 11.5 Å². The molecule has 0 radical (unpaired) electrons. The summed E-state index contributed by atoms with van der Waals surface area (Å²) in [5.41, 5.74) is 0. The maximum atomic E-state index is 5.13. The maximum absolute atomic E-state index is 5.13. The van der Waals surface area contributed by atoms with Gasteiger partial charge in [-0.1, -0.05) is 66.1 Å². The Balaban J connectivity index is 0. The van der Waals surface area contributed by atoms with E-state index < -0.39 is 0 Å². The van der Waals surface area contributed by atoms with Gasteiger partial charge < -0.3 is 9.47 Å². The van der Waals surface area contributed by atoms with Crippen LogP contribution in [0.15, 0.2) is 119 Å².